The summed E-state index contributed by atoms with van der Waals surface area (Å²) in [6.07, 6.45) is 5.90. The van der Waals surface area contributed by atoms with Crippen molar-refractivity contribution in [2.45, 2.75) is 83.6 Å². The Morgan fingerprint density at radius 1 is 0.727 bits per heavy atom. The fraction of sp³-hybridized carbons (Fsp3) is 1.00. The summed E-state index contributed by atoms with van der Waals surface area (Å²) in [5, 5.41) is 17.4. The van der Waals surface area contributed by atoms with Crippen molar-refractivity contribution in [2.75, 3.05) is 26.4 Å². The van der Waals surface area contributed by atoms with Gasteiger partial charge in [-0.1, -0.05) is 0 Å². The maximum absolute atomic E-state index is 14.0. The van der Waals surface area contributed by atoms with E-state index in [1.165, 1.54) is 6.92 Å². The quantitative estimate of drug-likeness (QED) is 0.452. The van der Waals surface area contributed by atoms with Gasteiger partial charge in [-0.15, -0.1) is 0 Å². The molecule has 0 aliphatic rings. The first kappa shape index (κ1) is 21.8. The summed E-state index contributed by atoms with van der Waals surface area (Å²) in [6, 6.07) is 0. The number of rotatable bonds is 15. The van der Waals surface area contributed by atoms with E-state index in [0.29, 0.717) is 32.5 Å². The summed E-state index contributed by atoms with van der Waals surface area (Å²) >= 11 is 0. The molecule has 0 saturated heterocycles. The minimum atomic E-state index is -1.59. The average molecular weight is 322 g/mol. The zero-order valence-corrected chi connectivity index (χ0v) is 14.6. The van der Waals surface area contributed by atoms with Gasteiger partial charge in [0.15, 0.2) is 0 Å². The number of aliphatic hydroxyl groups is 2. The number of ether oxygens (including phenoxy) is 2. The monoisotopic (exact) mass is 322 g/mol. The van der Waals surface area contributed by atoms with Crippen LogP contribution < -0.4 is 0 Å². The van der Waals surface area contributed by atoms with Gasteiger partial charge in [-0.3, -0.25) is 0 Å². The second-order valence-electron chi connectivity index (χ2n) is 6.63. The molecule has 134 valence electrons. The molecule has 0 saturated carbocycles. The van der Waals surface area contributed by atoms with E-state index in [9.17, 15) is 4.39 Å². The summed E-state index contributed by atoms with van der Waals surface area (Å²) in [5.74, 6) is -1.59. The zero-order valence-electron chi connectivity index (χ0n) is 14.6. The van der Waals surface area contributed by atoms with Gasteiger partial charge in [0.05, 0.1) is 12.2 Å². The highest BCUT2D eigenvalue weighted by Crippen LogP contribution is 2.22. The maximum Gasteiger partial charge on any atom is 0.206 e. The van der Waals surface area contributed by atoms with Crippen LogP contribution in [0.4, 0.5) is 4.39 Å². The highest BCUT2D eigenvalue weighted by Gasteiger charge is 2.23. The molecule has 1 atom stereocenters. The third kappa shape index (κ3) is 13.4. The number of halogens is 1. The van der Waals surface area contributed by atoms with Gasteiger partial charge in [0.1, 0.15) is 0 Å². The topological polar surface area (TPSA) is 58.9 Å². The van der Waals surface area contributed by atoms with Crippen molar-refractivity contribution in [2.24, 2.45) is 0 Å². The van der Waals surface area contributed by atoms with Crippen LogP contribution in [0, 0.1) is 0 Å². The second-order valence-corrected chi connectivity index (χ2v) is 6.63. The zero-order chi connectivity index (χ0) is 16.9. The molecule has 0 fully saturated rings. The highest BCUT2D eigenvalue weighted by atomic mass is 19.2. The minimum Gasteiger partial charge on any atom is -0.396 e. The first-order valence-electron chi connectivity index (χ1n) is 8.51. The molecule has 0 bridgehead atoms. The van der Waals surface area contributed by atoms with E-state index in [1.54, 1.807) is 0 Å². The molecule has 0 aromatic heterocycles. The van der Waals surface area contributed by atoms with Crippen molar-refractivity contribution in [1.29, 1.82) is 0 Å². The van der Waals surface area contributed by atoms with Crippen LogP contribution in [0.2, 0.25) is 0 Å². The third-order valence-electron chi connectivity index (χ3n) is 3.65. The van der Waals surface area contributed by atoms with E-state index in [0.717, 1.165) is 32.1 Å². The van der Waals surface area contributed by atoms with Gasteiger partial charge in [0, 0.05) is 26.2 Å². The van der Waals surface area contributed by atoms with Gasteiger partial charge in [-0.2, -0.15) is 0 Å². The Balaban J connectivity index is 3.65. The molecule has 0 amide bonds. The Morgan fingerprint density at radius 2 is 1.23 bits per heavy atom. The largest absolute Gasteiger partial charge is 0.396 e. The second kappa shape index (κ2) is 12.2. The van der Waals surface area contributed by atoms with Crippen LogP contribution in [0.3, 0.4) is 0 Å². The molecule has 22 heavy (non-hydrogen) atoms. The number of aliphatic hydroxyl groups excluding tert-OH is 2. The molecular formula is C17H35FO4. The van der Waals surface area contributed by atoms with Crippen molar-refractivity contribution < 1.29 is 24.1 Å². The number of unbranched alkanes of at least 4 members (excludes halogenated alkanes) is 3. The van der Waals surface area contributed by atoms with Crippen molar-refractivity contribution in [1.82, 2.24) is 0 Å². The fourth-order valence-corrected chi connectivity index (χ4v) is 2.20. The summed E-state index contributed by atoms with van der Waals surface area (Å²) in [4.78, 5) is 0. The van der Waals surface area contributed by atoms with E-state index in [-0.39, 0.29) is 18.8 Å². The summed E-state index contributed by atoms with van der Waals surface area (Å²) in [5.41, 5.74) is -0.186. The van der Waals surface area contributed by atoms with Gasteiger partial charge >= 0.3 is 0 Å². The smallest absolute Gasteiger partial charge is 0.206 e. The molecule has 0 rings (SSSR count). The molecule has 0 aliphatic heterocycles. The van der Waals surface area contributed by atoms with Crippen molar-refractivity contribution >= 4 is 0 Å². The molecule has 5 heteroatoms. The van der Waals surface area contributed by atoms with Crippen molar-refractivity contribution in [3.63, 3.8) is 0 Å². The van der Waals surface area contributed by atoms with Crippen LogP contribution in [0.25, 0.3) is 0 Å². The highest BCUT2D eigenvalue weighted by molar-refractivity contribution is 4.68. The summed E-state index contributed by atoms with van der Waals surface area (Å²) in [7, 11) is 0. The Bertz CT molecular complexity index is 257. The van der Waals surface area contributed by atoms with Crippen LogP contribution in [-0.2, 0) is 9.47 Å². The molecule has 0 aliphatic carbocycles. The molecule has 0 heterocycles. The van der Waals surface area contributed by atoms with Crippen LogP contribution in [0.5, 0.6) is 0 Å². The summed E-state index contributed by atoms with van der Waals surface area (Å²) < 4.78 is 25.1. The molecule has 2 N–H and O–H groups in total. The van der Waals surface area contributed by atoms with E-state index < -0.39 is 5.85 Å². The normalized spacial score (nSPS) is 15.0. The summed E-state index contributed by atoms with van der Waals surface area (Å²) in [6.45, 7) is 6.88. The minimum absolute atomic E-state index is 0.123. The average Bonchev–Trinajstić information content (AvgIpc) is 2.43. The third-order valence-corrected chi connectivity index (χ3v) is 3.65. The molecule has 0 radical (unpaired) electrons. The molecule has 1 unspecified atom stereocenters. The van der Waals surface area contributed by atoms with Crippen molar-refractivity contribution in [3.8, 4) is 0 Å². The van der Waals surface area contributed by atoms with E-state index in [2.05, 4.69) is 0 Å². The lowest BCUT2D eigenvalue weighted by Gasteiger charge is -2.26. The molecule has 0 spiro atoms. The van der Waals surface area contributed by atoms with E-state index in [1.807, 2.05) is 13.8 Å². The van der Waals surface area contributed by atoms with Gasteiger partial charge in [-0.25, -0.2) is 4.39 Å². The lowest BCUT2D eigenvalue weighted by molar-refractivity contribution is -0.138. The van der Waals surface area contributed by atoms with Gasteiger partial charge in [-0.05, 0) is 65.7 Å². The molecule has 4 nitrogen and oxygen atoms in total. The van der Waals surface area contributed by atoms with Crippen LogP contribution in [0.1, 0.15) is 72.1 Å². The Hall–Kier alpha value is -0.230. The Labute approximate surface area is 135 Å². The first-order chi connectivity index (χ1) is 10.3. The van der Waals surface area contributed by atoms with E-state index in [4.69, 9.17) is 19.7 Å². The maximum atomic E-state index is 14.0. The van der Waals surface area contributed by atoms with Crippen LogP contribution >= 0.6 is 0 Å². The van der Waals surface area contributed by atoms with E-state index >= 15 is 0 Å². The number of hydrogen-bond acceptors (Lipinski definition) is 4. The predicted octanol–water partition coefficient (Wildman–Crippen LogP) is 3.59. The Kier molecular flexibility index (Phi) is 12.1. The van der Waals surface area contributed by atoms with Crippen LogP contribution in [-0.4, -0.2) is 48.1 Å². The fourth-order valence-electron chi connectivity index (χ4n) is 2.20. The Morgan fingerprint density at radius 3 is 1.86 bits per heavy atom. The SMILES string of the molecule is CC(C)(CCCCO)OCCCCC(C)(F)OCCCCO. The van der Waals surface area contributed by atoms with Crippen LogP contribution in [0.15, 0.2) is 0 Å². The van der Waals surface area contributed by atoms with Gasteiger partial charge < -0.3 is 19.7 Å². The molecule has 0 aromatic rings. The standard InChI is InChI=1S/C17H35FO4/c1-16(2,10-4-6-12-19)21-14-8-5-11-17(3,18)22-15-9-7-13-20/h19-20H,4-15H2,1-3H3. The number of hydrogen-bond donors (Lipinski definition) is 2. The first-order valence-corrected chi connectivity index (χ1v) is 8.51. The van der Waals surface area contributed by atoms with Crippen molar-refractivity contribution in [3.05, 3.63) is 0 Å². The van der Waals surface area contributed by atoms with Gasteiger partial charge in [0.2, 0.25) is 5.85 Å². The number of alkyl halides is 1. The van der Waals surface area contributed by atoms with Gasteiger partial charge in [0.25, 0.3) is 0 Å². The molecular weight excluding hydrogens is 287 g/mol. The molecule has 0 aromatic carbocycles. The lowest BCUT2D eigenvalue weighted by atomic mass is 10.0. The predicted molar refractivity (Wildman–Crippen MR) is 86.6 cm³/mol. The lowest BCUT2D eigenvalue weighted by Crippen LogP contribution is -2.26.